The molecule has 0 atom stereocenters. The number of hydrogen-bond donors (Lipinski definition) is 1. The van der Waals surface area contributed by atoms with Crippen LogP contribution in [0.5, 0.6) is 0 Å². The van der Waals surface area contributed by atoms with E-state index in [9.17, 15) is 9.90 Å². The molecule has 3 rings (SSSR count). The Kier molecular flexibility index (Phi) is 5.80. The van der Waals surface area contributed by atoms with E-state index in [-0.39, 0.29) is 5.91 Å². The van der Waals surface area contributed by atoms with E-state index in [1.54, 1.807) is 0 Å². The molecule has 0 spiro atoms. The van der Waals surface area contributed by atoms with Crippen molar-refractivity contribution in [3.8, 4) is 0 Å². The van der Waals surface area contributed by atoms with Gasteiger partial charge in [0.2, 0.25) is 0 Å². The van der Waals surface area contributed by atoms with Crippen molar-refractivity contribution < 1.29 is 9.90 Å². The van der Waals surface area contributed by atoms with Crippen molar-refractivity contribution in [2.24, 2.45) is 0 Å². The molecule has 2 fully saturated rings. The number of nitrogens with zero attached hydrogens (tertiary/aromatic N) is 2. The lowest BCUT2D eigenvalue weighted by molar-refractivity contribution is 0.0573. The van der Waals surface area contributed by atoms with Crippen LogP contribution < -0.4 is 0 Å². The fourth-order valence-electron chi connectivity index (χ4n) is 4.05. The fraction of sp³-hybridized carbons (Fsp3) is 0.667. The first-order valence-corrected chi connectivity index (χ1v) is 9.77. The van der Waals surface area contributed by atoms with Crippen molar-refractivity contribution in [1.82, 2.24) is 9.80 Å². The molecular weight excluding hydrogens is 312 g/mol. The Morgan fingerprint density at radius 2 is 1.84 bits per heavy atom. The molecule has 1 heterocycles. The highest BCUT2D eigenvalue weighted by Crippen LogP contribution is 2.24. The molecule has 25 heavy (non-hydrogen) atoms. The lowest BCUT2D eigenvalue weighted by Gasteiger charge is -2.38. The minimum Gasteiger partial charge on any atom is -0.390 e. The Morgan fingerprint density at radius 1 is 1.16 bits per heavy atom. The van der Waals surface area contributed by atoms with Crippen LogP contribution in [0.4, 0.5) is 0 Å². The van der Waals surface area contributed by atoms with E-state index < -0.39 is 5.60 Å². The molecule has 1 N–H and O–H groups in total. The number of carbonyl (C=O) groups is 1. The Labute approximate surface area is 151 Å². The molecule has 0 aromatic heterocycles. The summed E-state index contributed by atoms with van der Waals surface area (Å²) < 4.78 is 0. The number of rotatable bonds is 5. The number of amides is 1. The molecule has 0 unspecified atom stereocenters. The maximum absolute atomic E-state index is 12.8. The van der Waals surface area contributed by atoms with Crippen LogP contribution in [0, 0.1) is 0 Å². The molecule has 1 aliphatic carbocycles. The van der Waals surface area contributed by atoms with Gasteiger partial charge in [-0.2, -0.15) is 0 Å². The average molecular weight is 344 g/mol. The van der Waals surface area contributed by atoms with Gasteiger partial charge in [0, 0.05) is 37.8 Å². The summed E-state index contributed by atoms with van der Waals surface area (Å²) in [7, 11) is 0. The molecule has 0 radical (unpaired) electrons. The van der Waals surface area contributed by atoms with Gasteiger partial charge in [-0.25, -0.2) is 0 Å². The third kappa shape index (κ3) is 5.05. The molecule has 138 valence electrons. The van der Waals surface area contributed by atoms with Crippen molar-refractivity contribution in [1.29, 1.82) is 0 Å². The van der Waals surface area contributed by atoms with Crippen molar-refractivity contribution in [2.75, 3.05) is 26.2 Å². The van der Waals surface area contributed by atoms with Gasteiger partial charge >= 0.3 is 0 Å². The first kappa shape index (κ1) is 18.4. The van der Waals surface area contributed by atoms with Gasteiger partial charge in [0.15, 0.2) is 0 Å². The molecule has 1 saturated carbocycles. The average Bonchev–Trinajstić information content (AvgIpc) is 3.14. The van der Waals surface area contributed by atoms with E-state index in [1.807, 2.05) is 43.0 Å². The van der Waals surface area contributed by atoms with Gasteiger partial charge in [-0.05, 0) is 57.2 Å². The number of carbonyl (C=O) groups excluding carboxylic acids is 1. The van der Waals surface area contributed by atoms with Crippen molar-refractivity contribution in [3.63, 3.8) is 0 Å². The van der Waals surface area contributed by atoms with Gasteiger partial charge < -0.3 is 10.0 Å². The summed E-state index contributed by atoms with van der Waals surface area (Å²) in [5.74, 6) is 0.149. The second-order valence-corrected chi connectivity index (χ2v) is 8.28. The minimum absolute atomic E-state index is 0.149. The lowest BCUT2D eigenvalue weighted by Crippen LogP contribution is -2.51. The van der Waals surface area contributed by atoms with Crippen LogP contribution >= 0.6 is 0 Å². The summed E-state index contributed by atoms with van der Waals surface area (Å²) >= 11 is 0. The van der Waals surface area contributed by atoms with Crippen molar-refractivity contribution >= 4 is 5.91 Å². The molecule has 2 aliphatic rings. The predicted octanol–water partition coefficient (Wildman–Crippen LogP) is 3.09. The standard InChI is InChI=1S/C21H32N2O2/c1-21(2,25)11-10-17-6-5-7-18(16-17)20(24)23-14-12-22(13-15-23)19-8-3-4-9-19/h5-7,16,19,25H,3-4,8-15H2,1-2H3. The summed E-state index contributed by atoms with van der Waals surface area (Å²) in [6.07, 6.45) is 6.88. The molecule has 4 nitrogen and oxygen atoms in total. The van der Waals surface area contributed by atoms with Gasteiger partial charge in [0.25, 0.3) is 5.91 Å². The second-order valence-electron chi connectivity index (χ2n) is 8.28. The van der Waals surface area contributed by atoms with Crippen LogP contribution in [0.15, 0.2) is 24.3 Å². The first-order chi connectivity index (χ1) is 11.9. The number of benzene rings is 1. The molecule has 1 aromatic carbocycles. The fourth-order valence-corrected chi connectivity index (χ4v) is 4.05. The zero-order chi connectivity index (χ0) is 17.9. The van der Waals surface area contributed by atoms with E-state index in [4.69, 9.17) is 0 Å². The zero-order valence-electron chi connectivity index (χ0n) is 15.7. The van der Waals surface area contributed by atoms with E-state index >= 15 is 0 Å². The van der Waals surface area contributed by atoms with Gasteiger partial charge in [-0.1, -0.05) is 25.0 Å². The molecule has 1 aromatic rings. The number of piperazine rings is 1. The molecule has 1 aliphatic heterocycles. The predicted molar refractivity (Wildman–Crippen MR) is 101 cm³/mol. The summed E-state index contributed by atoms with van der Waals surface area (Å²) in [5.41, 5.74) is 1.23. The van der Waals surface area contributed by atoms with Crippen molar-refractivity contribution in [2.45, 2.75) is 64.0 Å². The van der Waals surface area contributed by atoms with Crippen LogP contribution in [-0.4, -0.2) is 58.6 Å². The van der Waals surface area contributed by atoms with Gasteiger partial charge in [0.05, 0.1) is 5.60 Å². The van der Waals surface area contributed by atoms with Crippen LogP contribution in [0.2, 0.25) is 0 Å². The highest BCUT2D eigenvalue weighted by molar-refractivity contribution is 5.94. The van der Waals surface area contributed by atoms with Crippen LogP contribution in [0.1, 0.15) is 61.9 Å². The van der Waals surface area contributed by atoms with E-state index in [0.717, 1.165) is 49.8 Å². The Morgan fingerprint density at radius 3 is 2.48 bits per heavy atom. The molecule has 0 bridgehead atoms. The van der Waals surface area contributed by atoms with Crippen LogP contribution in [0.25, 0.3) is 0 Å². The largest absolute Gasteiger partial charge is 0.390 e. The monoisotopic (exact) mass is 344 g/mol. The number of aryl methyl sites for hydroxylation is 1. The minimum atomic E-state index is -0.670. The quantitative estimate of drug-likeness (QED) is 0.893. The third-order valence-electron chi connectivity index (χ3n) is 5.64. The highest BCUT2D eigenvalue weighted by Gasteiger charge is 2.28. The number of aliphatic hydroxyl groups is 1. The maximum atomic E-state index is 12.8. The molecule has 1 saturated heterocycles. The van der Waals surface area contributed by atoms with E-state index in [1.165, 1.54) is 25.7 Å². The molecule has 4 heteroatoms. The summed E-state index contributed by atoms with van der Waals surface area (Å²) in [5, 5.41) is 9.90. The number of hydrogen-bond acceptors (Lipinski definition) is 3. The summed E-state index contributed by atoms with van der Waals surface area (Å²) in [6, 6.07) is 8.67. The SMILES string of the molecule is CC(C)(O)CCc1cccc(C(=O)N2CCN(C3CCCC3)CC2)c1. The lowest BCUT2D eigenvalue weighted by atomic mass is 9.97. The smallest absolute Gasteiger partial charge is 0.253 e. The Balaban J connectivity index is 1.56. The third-order valence-corrected chi connectivity index (χ3v) is 5.64. The van der Waals surface area contributed by atoms with Gasteiger partial charge in [-0.15, -0.1) is 0 Å². The second kappa shape index (κ2) is 7.88. The summed E-state index contributed by atoms with van der Waals surface area (Å²) in [4.78, 5) is 17.4. The van der Waals surface area contributed by atoms with Crippen LogP contribution in [0.3, 0.4) is 0 Å². The van der Waals surface area contributed by atoms with Gasteiger partial charge in [0.1, 0.15) is 0 Å². The first-order valence-electron chi connectivity index (χ1n) is 9.77. The highest BCUT2D eigenvalue weighted by atomic mass is 16.3. The Hall–Kier alpha value is -1.39. The summed E-state index contributed by atoms with van der Waals surface area (Å²) in [6.45, 7) is 7.34. The van der Waals surface area contributed by atoms with E-state index in [2.05, 4.69) is 4.90 Å². The topological polar surface area (TPSA) is 43.8 Å². The Bertz CT molecular complexity index is 580. The van der Waals surface area contributed by atoms with Gasteiger partial charge in [-0.3, -0.25) is 9.69 Å². The maximum Gasteiger partial charge on any atom is 0.253 e. The normalized spacial score (nSPS) is 20.2. The molecule has 1 amide bonds. The molecular formula is C21H32N2O2. The van der Waals surface area contributed by atoms with Crippen molar-refractivity contribution in [3.05, 3.63) is 35.4 Å². The van der Waals surface area contributed by atoms with E-state index in [0.29, 0.717) is 6.42 Å². The zero-order valence-corrected chi connectivity index (χ0v) is 15.7. The van der Waals surface area contributed by atoms with Crippen LogP contribution in [-0.2, 0) is 6.42 Å².